The zero-order chi connectivity index (χ0) is 30.6. The second-order valence-corrected chi connectivity index (χ2v) is 13.5. The zero-order valence-corrected chi connectivity index (χ0v) is 26.6. The van der Waals surface area contributed by atoms with Crippen molar-refractivity contribution in [2.75, 3.05) is 7.05 Å². The van der Waals surface area contributed by atoms with Gasteiger partial charge in [-0.05, 0) is 30.8 Å². The number of rotatable bonds is 5. The van der Waals surface area contributed by atoms with Crippen LogP contribution in [0.4, 0.5) is 0 Å². The van der Waals surface area contributed by atoms with Crippen molar-refractivity contribution in [2.24, 2.45) is 9.98 Å². The topological polar surface area (TPSA) is 41.7 Å². The van der Waals surface area contributed by atoms with Crippen LogP contribution in [0, 0.1) is 0 Å². The third-order valence-corrected chi connectivity index (χ3v) is 11.1. The molecule has 3 aromatic heterocycles. The lowest BCUT2D eigenvalue weighted by Crippen LogP contribution is -2.22. The molecule has 6 heteroatoms. The summed E-state index contributed by atoms with van der Waals surface area (Å²) in [6.07, 6.45) is 1.48. The fourth-order valence-electron chi connectivity index (χ4n) is 6.71. The molecular formula is C40H28N4S2. The minimum absolute atomic E-state index is 0.417. The lowest BCUT2D eigenvalue weighted by Gasteiger charge is -2.19. The highest BCUT2D eigenvalue weighted by Gasteiger charge is 2.26. The number of hydrogen-bond donors (Lipinski definition) is 1. The standard InChI is InChI=1S/C40H28N4S2/c1-41-40(43-39(26-16-6-3-7-17-26)42-24-25-14-4-2-5-15-25)44-30-21-11-8-18-27(30)33-36(44)34-28-19-9-12-22-31(28)45-38(34)35-29-20-10-13-23-32(29)46-37(33)35/h2-24,40-41H,1H3/b42-24+,43-39-. The molecule has 4 nitrogen and oxygen atoms in total. The summed E-state index contributed by atoms with van der Waals surface area (Å²) in [5, 5.41) is 11.3. The van der Waals surface area contributed by atoms with E-state index in [4.69, 9.17) is 9.98 Å². The first-order chi connectivity index (χ1) is 22.8. The lowest BCUT2D eigenvalue weighted by atomic mass is 10.0. The minimum atomic E-state index is -0.417. The van der Waals surface area contributed by atoms with Crippen molar-refractivity contribution in [3.63, 3.8) is 0 Å². The summed E-state index contributed by atoms with van der Waals surface area (Å²) < 4.78 is 7.66. The Balaban J connectivity index is 1.42. The average molecular weight is 629 g/mol. The maximum atomic E-state index is 5.39. The smallest absolute Gasteiger partial charge is 0.182 e. The van der Waals surface area contributed by atoms with Gasteiger partial charge in [-0.2, -0.15) is 0 Å². The number of thiophene rings is 2. The summed E-state index contributed by atoms with van der Waals surface area (Å²) >= 11 is 3.79. The second kappa shape index (κ2) is 11.0. The monoisotopic (exact) mass is 628 g/mol. The first kappa shape index (κ1) is 27.2. The van der Waals surface area contributed by atoms with Crippen molar-refractivity contribution < 1.29 is 0 Å². The van der Waals surface area contributed by atoms with E-state index in [0.29, 0.717) is 5.84 Å². The van der Waals surface area contributed by atoms with Gasteiger partial charge in [0.2, 0.25) is 0 Å². The molecule has 6 aromatic carbocycles. The van der Waals surface area contributed by atoms with E-state index in [1.54, 1.807) is 0 Å². The van der Waals surface area contributed by atoms with Crippen LogP contribution in [0.2, 0.25) is 0 Å². The summed E-state index contributed by atoms with van der Waals surface area (Å²) in [4.78, 5) is 10.4. The maximum absolute atomic E-state index is 5.39. The van der Waals surface area contributed by atoms with Gasteiger partial charge in [0.05, 0.1) is 11.0 Å². The lowest BCUT2D eigenvalue weighted by molar-refractivity contribution is 0.483. The summed E-state index contributed by atoms with van der Waals surface area (Å²) in [6.45, 7) is 0. The predicted molar refractivity (Wildman–Crippen MR) is 200 cm³/mol. The SMILES string of the molecule is CNC(/N=C(\N=C\c1ccccc1)c1ccccc1)n1c2ccccc2c2c3sc4ccccc4c3c3sc4ccccc4c3c21. The molecule has 46 heavy (non-hydrogen) atoms. The predicted octanol–water partition coefficient (Wildman–Crippen LogP) is 10.8. The normalized spacial score (nSPS) is 13.4. The fourth-order valence-corrected chi connectivity index (χ4v) is 9.31. The molecule has 9 aromatic rings. The van der Waals surface area contributed by atoms with Crippen molar-refractivity contribution in [1.82, 2.24) is 9.88 Å². The van der Waals surface area contributed by atoms with E-state index in [9.17, 15) is 0 Å². The molecule has 1 atom stereocenters. The van der Waals surface area contributed by atoms with Crippen LogP contribution in [-0.4, -0.2) is 23.7 Å². The molecular weight excluding hydrogens is 601 g/mol. The largest absolute Gasteiger partial charge is 0.304 e. The number of aromatic nitrogens is 1. The van der Waals surface area contributed by atoms with Crippen LogP contribution in [0.5, 0.6) is 0 Å². The molecule has 0 aliphatic rings. The Bertz CT molecular complexity index is 2600. The van der Waals surface area contributed by atoms with Crippen molar-refractivity contribution >= 4 is 96.9 Å². The van der Waals surface area contributed by atoms with Crippen LogP contribution in [0.1, 0.15) is 17.4 Å². The van der Waals surface area contributed by atoms with Crippen molar-refractivity contribution in [1.29, 1.82) is 0 Å². The third kappa shape index (κ3) is 4.22. The van der Waals surface area contributed by atoms with Crippen molar-refractivity contribution in [2.45, 2.75) is 6.29 Å². The van der Waals surface area contributed by atoms with Crippen molar-refractivity contribution in [3.05, 3.63) is 145 Å². The van der Waals surface area contributed by atoms with Gasteiger partial charge >= 0.3 is 0 Å². The fraction of sp³-hybridized carbons (Fsp3) is 0.0500. The quantitative estimate of drug-likeness (QED) is 0.150. The van der Waals surface area contributed by atoms with Crippen LogP contribution < -0.4 is 5.32 Å². The molecule has 0 aliphatic carbocycles. The summed E-state index contributed by atoms with van der Waals surface area (Å²) in [6, 6.07) is 46.9. The highest BCUT2D eigenvalue weighted by Crippen LogP contribution is 2.51. The number of para-hydroxylation sites is 1. The van der Waals surface area contributed by atoms with Gasteiger partial charge < -0.3 is 4.57 Å². The van der Waals surface area contributed by atoms with E-state index in [0.717, 1.165) is 16.6 Å². The van der Waals surface area contributed by atoms with Crippen molar-refractivity contribution in [3.8, 4) is 0 Å². The Hall–Kier alpha value is -5.14. The van der Waals surface area contributed by atoms with Gasteiger partial charge in [-0.25, -0.2) is 9.98 Å². The van der Waals surface area contributed by atoms with Crippen LogP contribution in [0.25, 0.3) is 62.2 Å². The van der Waals surface area contributed by atoms with Gasteiger partial charge in [0.1, 0.15) is 0 Å². The maximum Gasteiger partial charge on any atom is 0.182 e. The Morgan fingerprint density at radius 1 is 0.630 bits per heavy atom. The minimum Gasteiger partial charge on any atom is -0.304 e. The zero-order valence-electron chi connectivity index (χ0n) is 25.0. The number of amidine groups is 1. The average Bonchev–Trinajstić information content (AvgIpc) is 3.79. The third-order valence-electron chi connectivity index (χ3n) is 8.71. The first-order valence-corrected chi connectivity index (χ1v) is 17.0. The number of aliphatic imine (C=N–C) groups is 2. The Morgan fingerprint density at radius 3 is 1.85 bits per heavy atom. The number of fused-ring (bicyclic) bond motifs is 12. The van der Waals surface area contributed by atoms with Gasteiger partial charge in [-0.15, -0.1) is 22.7 Å². The number of nitrogens with one attached hydrogen (secondary N) is 1. The Kier molecular flexibility index (Phi) is 6.52. The van der Waals surface area contributed by atoms with Gasteiger partial charge in [-0.1, -0.05) is 115 Å². The second-order valence-electron chi connectivity index (χ2n) is 11.4. The molecule has 220 valence electrons. The molecule has 1 unspecified atom stereocenters. The molecule has 0 spiro atoms. The molecule has 0 saturated carbocycles. The van der Waals surface area contributed by atoms with Crippen LogP contribution in [0.15, 0.2) is 143 Å². The van der Waals surface area contributed by atoms with Gasteiger partial charge in [0.25, 0.3) is 0 Å². The Labute approximate surface area is 273 Å². The molecule has 3 heterocycles. The van der Waals surface area contributed by atoms with Gasteiger partial charge in [0.15, 0.2) is 12.1 Å². The summed E-state index contributed by atoms with van der Waals surface area (Å²) in [5.41, 5.74) is 4.34. The highest BCUT2D eigenvalue weighted by molar-refractivity contribution is 7.30. The molecule has 0 saturated heterocycles. The molecule has 0 fully saturated rings. The van der Waals surface area contributed by atoms with E-state index in [-0.39, 0.29) is 0 Å². The molecule has 9 rings (SSSR count). The van der Waals surface area contributed by atoms with E-state index in [2.05, 4.69) is 107 Å². The van der Waals surface area contributed by atoms with Crippen LogP contribution in [-0.2, 0) is 0 Å². The molecule has 0 radical (unpaired) electrons. The molecule has 1 N–H and O–H groups in total. The molecule has 0 aliphatic heterocycles. The molecule has 0 bridgehead atoms. The number of hydrogen-bond acceptors (Lipinski definition) is 4. The van der Waals surface area contributed by atoms with Crippen LogP contribution in [0.3, 0.4) is 0 Å². The van der Waals surface area contributed by atoms with E-state index in [1.165, 1.54) is 56.6 Å². The summed E-state index contributed by atoms with van der Waals surface area (Å²) in [7, 11) is 1.99. The molecule has 0 amide bonds. The highest BCUT2D eigenvalue weighted by atomic mass is 32.1. The van der Waals surface area contributed by atoms with Gasteiger partial charge in [0, 0.05) is 62.9 Å². The Morgan fingerprint density at radius 2 is 1.17 bits per heavy atom. The van der Waals surface area contributed by atoms with E-state index < -0.39 is 6.29 Å². The first-order valence-electron chi connectivity index (χ1n) is 15.4. The summed E-state index contributed by atoms with van der Waals surface area (Å²) in [5.74, 6) is 0.670. The number of benzene rings is 6. The van der Waals surface area contributed by atoms with E-state index in [1.807, 2.05) is 72.3 Å². The van der Waals surface area contributed by atoms with E-state index >= 15 is 0 Å². The number of nitrogens with zero attached hydrogens (tertiary/aromatic N) is 3. The van der Waals surface area contributed by atoms with Gasteiger partial charge in [-0.3, -0.25) is 5.32 Å². The van der Waals surface area contributed by atoms with Crippen LogP contribution >= 0.6 is 22.7 Å².